The van der Waals surface area contributed by atoms with Gasteiger partial charge in [-0.2, -0.15) is 0 Å². The first-order valence-electron chi connectivity index (χ1n) is 20.8. The van der Waals surface area contributed by atoms with Gasteiger partial charge in [0.1, 0.15) is 58.1 Å². The fourth-order valence-corrected chi connectivity index (χ4v) is 10.2. The quantitative estimate of drug-likeness (QED) is 0.111. The molecule has 0 saturated heterocycles. The van der Waals surface area contributed by atoms with E-state index >= 15 is 0 Å². The van der Waals surface area contributed by atoms with Crippen molar-refractivity contribution >= 4 is 16.9 Å². The molecule has 0 radical (unpaired) electrons. The second-order valence-corrected chi connectivity index (χ2v) is 16.7. The number of phenols is 2. The Kier molecular flexibility index (Phi) is 11.3. The predicted molar refractivity (Wildman–Crippen MR) is 226 cm³/mol. The molecule has 14 heteroatoms. The number of phenolic OH excluding ortho intramolecular Hbond substituents is 2. The second kappa shape index (κ2) is 16.5. The molecule has 0 spiro atoms. The van der Waals surface area contributed by atoms with Crippen LogP contribution in [-0.4, -0.2) is 71.0 Å². The highest BCUT2D eigenvalue weighted by Gasteiger charge is 2.54. The number of carbonyl (C=O) groups is 1. The zero-order valence-electron chi connectivity index (χ0n) is 34.2. The van der Waals surface area contributed by atoms with E-state index in [0.717, 1.165) is 28.3 Å². The highest BCUT2D eigenvalue weighted by atomic mass is 16.6. The number of fused-ring (bicyclic) bond motifs is 5. The predicted octanol–water partition coefficient (Wildman–Crippen LogP) is 3.72. The third-order valence-electron chi connectivity index (χ3n) is 13.3. The fraction of sp³-hybridized carbons (Fsp3) is 0.435. The molecule has 14 nitrogen and oxygen atoms in total. The van der Waals surface area contributed by atoms with Gasteiger partial charge in [0.05, 0.1) is 12.8 Å². The van der Waals surface area contributed by atoms with Crippen molar-refractivity contribution in [3.63, 3.8) is 0 Å². The third-order valence-corrected chi connectivity index (χ3v) is 13.3. The van der Waals surface area contributed by atoms with Gasteiger partial charge in [0.2, 0.25) is 0 Å². The average Bonchev–Trinajstić information content (AvgIpc) is 3.28. The van der Waals surface area contributed by atoms with E-state index in [0.29, 0.717) is 67.7 Å². The molecule has 0 fully saturated rings. The molecule has 4 aliphatic heterocycles. The standard InChI is InChI=1S/C46H55N5O9/c1-4-24(11-13-49-3)45(57)59-35-19-32-41(56)39-34(55)18-29(21-52)58-43(39)40-38-30-12-14-50-44(48)37(30)26(7-6-25-8-9-28(54)17-31(25)33(38)22-53)16-27(46(35,2)60-42(32)40)15-23-5-10-36(47)51-20-23/h4-5,8-10,12,17-18,20,26-27,33,35-36,38,49-54,56H,6-7,11,13-16,19,21-22,47-48H2,1-3H3/b24-4-/t26-,27+,33+,35+,36?,38+,46-/m0/s1. The van der Waals surface area contributed by atoms with E-state index in [4.69, 9.17) is 25.4 Å². The largest absolute Gasteiger partial charge is 0.508 e. The van der Waals surface area contributed by atoms with Crippen molar-refractivity contribution < 1.29 is 39.1 Å². The van der Waals surface area contributed by atoms with E-state index in [-0.39, 0.29) is 70.6 Å². The first-order chi connectivity index (χ1) is 28.9. The van der Waals surface area contributed by atoms with Crippen molar-refractivity contribution in [1.82, 2.24) is 16.0 Å². The van der Waals surface area contributed by atoms with Gasteiger partial charge in [-0.05, 0) is 112 Å². The molecule has 5 heterocycles. The monoisotopic (exact) mass is 821 g/mol. The maximum Gasteiger partial charge on any atom is 0.334 e. The van der Waals surface area contributed by atoms with E-state index in [1.807, 2.05) is 44.5 Å². The SMILES string of the molecule is C/C=C(/CCNC)C(=O)O[C@@H]1Cc2c3c(c4oc(CO)cc(=O)c4c2O)[C@@H]2C4=CCNC(N)=C4[C@@H](CCc4ccc(O)cc4[C@H]2CO)C[C@@H](CC2=CNC(N)C=C2)[C@]1(C)O3. The van der Waals surface area contributed by atoms with Gasteiger partial charge in [0.25, 0.3) is 0 Å². The van der Waals surface area contributed by atoms with Gasteiger partial charge in [-0.15, -0.1) is 0 Å². The molecule has 1 unspecified atom stereocenters. The molecule has 1 aromatic heterocycles. The average molecular weight is 822 g/mol. The van der Waals surface area contributed by atoms with E-state index in [2.05, 4.69) is 16.0 Å². The Balaban J connectivity index is 1.48. The molecule has 1 aliphatic carbocycles. The first kappa shape index (κ1) is 41.2. The maximum atomic E-state index is 14.2. The minimum atomic E-state index is -1.28. The highest BCUT2D eigenvalue weighted by molar-refractivity contribution is 5.92. The Morgan fingerprint density at radius 1 is 1.20 bits per heavy atom. The molecule has 318 valence electrons. The molecule has 11 N–H and O–H groups in total. The van der Waals surface area contributed by atoms with Gasteiger partial charge in [-0.1, -0.05) is 24.3 Å². The minimum Gasteiger partial charge on any atom is -0.508 e. The lowest BCUT2D eigenvalue weighted by Gasteiger charge is -2.50. The molecule has 8 rings (SSSR count). The van der Waals surface area contributed by atoms with Crippen molar-refractivity contribution in [1.29, 1.82) is 0 Å². The Bertz CT molecular complexity index is 2430. The summed E-state index contributed by atoms with van der Waals surface area (Å²) in [4.78, 5) is 28.3. The lowest BCUT2D eigenvalue weighted by atomic mass is 9.65. The molecule has 3 aromatic rings. The van der Waals surface area contributed by atoms with Crippen LogP contribution in [-0.2, 0) is 29.0 Å². The zero-order valence-corrected chi connectivity index (χ0v) is 34.2. The molecule has 0 saturated carbocycles. The third kappa shape index (κ3) is 7.14. The van der Waals surface area contributed by atoms with Gasteiger partial charge in [-0.3, -0.25) is 4.79 Å². The summed E-state index contributed by atoms with van der Waals surface area (Å²) >= 11 is 0. The number of aliphatic hydroxyl groups is 2. The summed E-state index contributed by atoms with van der Waals surface area (Å²) in [5, 5.41) is 54.8. The number of carbonyl (C=O) groups excluding carboxylic acids is 1. The lowest BCUT2D eigenvalue weighted by Crippen LogP contribution is -2.57. The van der Waals surface area contributed by atoms with E-state index in [1.165, 1.54) is 0 Å². The number of aromatic hydroxyl groups is 2. The number of esters is 1. The van der Waals surface area contributed by atoms with Crippen LogP contribution in [0.15, 0.2) is 92.1 Å². The highest BCUT2D eigenvalue weighted by Crippen LogP contribution is 2.59. The summed E-state index contributed by atoms with van der Waals surface area (Å²) in [6, 6.07) is 6.36. The molecule has 5 aliphatic rings. The number of nitrogens with two attached hydrogens (primary N) is 2. The van der Waals surface area contributed by atoms with Gasteiger partial charge < -0.3 is 61.7 Å². The van der Waals surface area contributed by atoms with E-state index < -0.39 is 41.5 Å². The Morgan fingerprint density at radius 2 is 2.02 bits per heavy atom. The lowest BCUT2D eigenvalue weighted by molar-refractivity contribution is -0.165. The van der Waals surface area contributed by atoms with Crippen LogP contribution < -0.4 is 37.6 Å². The van der Waals surface area contributed by atoms with Gasteiger partial charge in [-0.25, -0.2) is 4.79 Å². The van der Waals surface area contributed by atoms with Crippen molar-refractivity contribution in [2.24, 2.45) is 23.3 Å². The molecule has 2 aromatic carbocycles. The van der Waals surface area contributed by atoms with Crippen molar-refractivity contribution in [3.8, 4) is 17.2 Å². The van der Waals surface area contributed by atoms with Gasteiger partial charge >= 0.3 is 5.97 Å². The number of hydrogen-bond acceptors (Lipinski definition) is 14. The van der Waals surface area contributed by atoms with Crippen molar-refractivity contribution in [2.75, 3.05) is 26.7 Å². The number of allylic oxidation sites excluding steroid dienone is 5. The fourth-order valence-electron chi connectivity index (χ4n) is 10.2. The van der Waals surface area contributed by atoms with Crippen LogP contribution in [0.4, 0.5) is 0 Å². The molecule has 60 heavy (non-hydrogen) atoms. The van der Waals surface area contributed by atoms with Crippen LogP contribution in [0, 0.1) is 11.8 Å². The van der Waals surface area contributed by atoms with Crippen LogP contribution in [0.25, 0.3) is 11.0 Å². The van der Waals surface area contributed by atoms with Crippen LogP contribution in [0.1, 0.15) is 79.4 Å². The number of hydrogen-bond donors (Lipinski definition) is 9. The van der Waals surface area contributed by atoms with Gasteiger partial charge in [0, 0.05) is 59.7 Å². The maximum absolute atomic E-state index is 14.2. The number of benzene rings is 2. The molecule has 4 bridgehead atoms. The summed E-state index contributed by atoms with van der Waals surface area (Å²) in [6.45, 7) is 3.66. The Labute approximate surface area is 348 Å². The van der Waals surface area contributed by atoms with E-state index in [1.54, 1.807) is 25.1 Å². The van der Waals surface area contributed by atoms with Crippen molar-refractivity contribution in [3.05, 3.63) is 121 Å². The van der Waals surface area contributed by atoms with Crippen LogP contribution in [0.5, 0.6) is 17.2 Å². The number of dihydropyridines is 2. The first-order valence-corrected chi connectivity index (χ1v) is 20.8. The Morgan fingerprint density at radius 3 is 2.73 bits per heavy atom. The van der Waals surface area contributed by atoms with Crippen LogP contribution in [0.3, 0.4) is 0 Å². The molecular formula is C46H55N5O9. The molecule has 0 amide bonds. The number of ether oxygens (including phenoxy) is 2. The zero-order chi connectivity index (χ0) is 42.5. The molecular weight excluding hydrogens is 767 g/mol. The van der Waals surface area contributed by atoms with Crippen molar-refractivity contribution in [2.45, 2.75) is 88.7 Å². The van der Waals surface area contributed by atoms with Crippen LogP contribution >= 0.6 is 0 Å². The summed E-state index contributed by atoms with van der Waals surface area (Å²) in [6.07, 6.45) is 10.8. The number of aliphatic hydroxyl groups excluding tert-OH is 2. The smallest absolute Gasteiger partial charge is 0.334 e. The second-order valence-electron chi connectivity index (χ2n) is 16.7. The number of rotatable bonds is 9. The molecule has 7 atom stereocenters. The Hall–Kier alpha value is -5.54. The summed E-state index contributed by atoms with van der Waals surface area (Å²) < 4.78 is 20.4. The number of nitrogens with one attached hydrogen (secondary N) is 3. The van der Waals surface area contributed by atoms with E-state index in [9.17, 15) is 30.0 Å². The normalized spacial score (nSPS) is 27.2. The topological polar surface area (TPSA) is 235 Å². The summed E-state index contributed by atoms with van der Waals surface area (Å²) in [5.74, 6) is -2.34. The summed E-state index contributed by atoms with van der Waals surface area (Å²) in [5.41, 5.74) is 16.7. The van der Waals surface area contributed by atoms with Gasteiger partial charge in [0.15, 0.2) is 5.43 Å². The summed E-state index contributed by atoms with van der Waals surface area (Å²) in [7, 11) is 1.81. The van der Waals surface area contributed by atoms with Crippen LogP contribution in [0.2, 0.25) is 0 Å². The number of aryl methyl sites for hydroxylation is 1. The minimum absolute atomic E-state index is 0.00426.